The number of amides is 1. The SMILES string of the molecule is CN(C(=O)C1(CC(=O)OC(C)(C)C)Cc2ccccc2C1)c1nc2ccc(Br)cc2s1. The Morgan fingerprint density at radius 3 is 2.42 bits per heavy atom. The van der Waals surface area contributed by atoms with Crippen molar-refractivity contribution < 1.29 is 14.3 Å². The summed E-state index contributed by atoms with van der Waals surface area (Å²) in [6.07, 6.45) is 1.07. The van der Waals surface area contributed by atoms with Crippen LogP contribution in [-0.2, 0) is 27.2 Å². The number of anilines is 1. The minimum atomic E-state index is -0.876. The van der Waals surface area contributed by atoms with Gasteiger partial charge in [0.15, 0.2) is 5.13 Å². The molecule has 4 rings (SSSR count). The molecule has 0 bridgehead atoms. The van der Waals surface area contributed by atoms with Gasteiger partial charge in [0.25, 0.3) is 0 Å². The molecule has 5 nitrogen and oxygen atoms in total. The Morgan fingerprint density at radius 2 is 1.81 bits per heavy atom. The molecule has 31 heavy (non-hydrogen) atoms. The second kappa shape index (κ2) is 8.02. The number of fused-ring (bicyclic) bond motifs is 2. The highest BCUT2D eigenvalue weighted by Crippen LogP contribution is 2.43. The normalized spacial score (nSPS) is 15.0. The van der Waals surface area contributed by atoms with Crippen LogP contribution >= 0.6 is 27.3 Å². The lowest BCUT2D eigenvalue weighted by molar-refractivity contribution is -0.159. The van der Waals surface area contributed by atoms with E-state index in [2.05, 4.69) is 20.9 Å². The number of aromatic nitrogens is 1. The van der Waals surface area contributed by atoms with E-state index >= 15 is 0 Å². The van der Waals surface area contributed by atoms with Crippen LogP contribution in [0.1, 0.15) is 38.3 Å². The molecule has 162 valence electrons. The third kappa shape index (κ3) is 4.53. The van der Waals surface area contributed by atoms with Crippen LogP contribution in [0.3, 0.4) is 0 Å². The van der Waals surface area contributed by atoms with Gasteiger partial charge in [0, 0.05) is 11.5 Å². The van der Waals surface area contributed by atoms with Gasteiger partial charge in [0.05, 0.1) is 22.1 Å². The minimum absolute atomic E-state index is 0.0402. The Balaban J connectivity index is 1.67. The number of nitrogens with zero attached hydrogens (tertiary/aromatic N) is 2. The Kier molecular flexibility index (Phi) is 5.68. The van der Waals surface area contributed by atoms with E-state index in [9.17, 15) is 9.59 Å². The van der Waals surface area contributed by atoms with Crippen molar-refractivity contribution in [2.75, 3.05) is 11.9 Å². The lowest BCUT2D eigenvalue weighted by Gasteiger charge is -2.31. The molecule has 1 heterocycles. The highest BCUT2D eigenvalue weighted by molar-refractivity contribution is 9.10. The summed E-state index contributed by atoms with van der Waals surface area (Å²) in [6, 6.07) is 13.9. The third-order valence-electron chi connectivity index (χ3n) is 5.46. The monoisotopic (exact) mass is 500 g/mol. The van der Waals surface area contributed by atoms with Crippen LogP contribution in [0.2, 0.25) is 0 Å². The Labute approximate surface area is 194 Å². The summed E-state index contributed by atoms with van der Waals surface area (Å²) in [6.45, 7) is 5.52. The van der Waals surface area contributed by atoms with Crippen LogP contribution in [0.15, 0.2) is 46.9 Å². The van der Waals surface area contributed by atoms with E-state index in [1.54, 1.807) is 11.9 Å². The number of thiazole rings is 1. The molecule has 0 unspecified atom stereocenters. The maximum atomic E-state index is 13.9. The standard InChI is InChI=1S/C24H25BrN2O3S/c1-23(2,3)30-20(28)14-24(12-15-7-5-6-8-16(15)13-24)21(29)27(4)22-26-18-10-9-17(25)11-19(18)31-22/h5-11H,12-14H2,1-4H3. The molecule has 0 saturated carbocycles. The van der Waals surface area contributed by atoms with Crippen LogP contribution in [0, 0.1) is 5.41 Å². The number of halogens is 1. The highest BCUT2D eigenvalue weighted by Gasteiger charge is 2.48. The van der Waals surface area contributed by atoms with Gasteiger partial charge >= 0.3 is 5.97 Å². The number of carbonyl (C=O) groups is 2. The van der Waals surface area contributed by atoms with Crippen LogP contribution in [0.25, 0.3) is 10.2 Å². The molecule has 0 spiro atoms. The average molecular weight is 501 g/mol. The Morgan fingerprint density at radius 1 is 1.16 bits per heavy atom. The molecular formula is C24H25BrN2O3S. The van der Waals surface area contributed by atoms with Crippen LogP contribution in [-0.4, -0.2) is 29.5 Å². The van der Waals surface area contributed by atoms with Crippen molar-refractivity contribution in [3.8, 4) is 0 Å². The second-order valence-electron chi connectivity index (χ2n) is 9.14. The maximum Gasteiger partial charge on any atom is 0.307 e. The molecule has 1 aliphatic carbocycles. The predicted octanol–water partition coefficient (Wildman–Crippen LogP) is 5.54. The van der Waals surface area contributed by atoms with Gasteiger partial charge < -0.3 is 4.74 Å². The van der Waals surface area contributed by atoms with Gasteiger partial charge in [-0.2, -0.15) is 0 Å². The van der Waals surface area contributed by atoms with Gasteiger partial charge in [-0.25, -0.2) is 4.98 Å². The van der Waals surface area contributed by atoms with Crippen molar-refractivity contribution in [1.82, 2.24) is 4.98 Å². The fraction of sp³-hybridized carbons (Fsp3) is 0.375. The van der Waals surface area contributed by atoms with E-state index in [0.29, 0.717) is 18.0 Å². The summed E-state index contributed by atoms with van der Waals surface area (Å²) in [5, 5.41) is 0.623. The summed E-state index contributed by atoms with van der Waals surface area (Å²) >= 11 is 4.95. The summed E-state index contributed by atoms with van der Waals surface area (Å²) in [5.41, 5.74) is 1.60. The zero-order valence-electron chi connectivity index (χ0n) is 18.1. The van der Waals surface area contributed by atoms with Crippen molar-refractivity contribution in [3.63, 3.8) is 0 Å². The topological polar surface area (TPSA) is 59.5 Å². The number of benzene rings is 2. The molecule has 1 aromatic heterocycles. The van der Waals surface area contributed by atoms with Gasteiger partial charge in [-0.1, -0.05) is 51.5 Å². The number of hydrogen-bond acceptors (Lipinski definition) is 5. The fourth-order valence-electron chi connectivity index (χ4n) is 4.17. The van der Waals surface area contributed by atoms with E-state index in [1.807, 2.05) is 63.2 Å². The molecule has 1 aliphatic rings. The molecule has 3 aromatic rings. The van der Waals surface area contributed by atoms with Crippen LogP contribution in [0.5, 0.6) is 0 Å². The number of ether oxygens (including phenoxy) is 1. The summed E-state index contributed by atoms with van der Waals surface area (Å²) in [4.78, 5) is 32.9. The average Bonchev–Trinajstić information content (AvgIpc) is 3.26. The molecule has 0 N–H and O–H groups in total. The first-order valence-corrected chi connectivity index (χ1v) is 11.8. The van der Waals surface area contributed by atoms with Gasteiger partial charge in [0.2, 0.25) is 5.91 Å². The van der Waals surface area contributed by atoms with Crippen molar-refractivity contribution in [2.45, 2.75) is 45.6 Å². The molecule has 0 fully saturated rings. The van der Waals surface area contributed by atoms with E-state index < -0.39 is 11.0 Å². The summed E-state index contributed by atoms with van der Waals surface area (Å²) < 4.78 is 7.56. The van der Waals surface area contributed by atoms with Gasteiger partial charge in [-0.15, -0.1) is 0 Å². The Hall–Kier alpha value is -2.25. The first-order valence-electron chi connectivity index (χ1n) is 10.2. The number of esters is 1. The molecule has 2 aromatic carbocycles. The lowest BCUT2D eigenvalue weighted by Crippen LogP contribution is -2.45. The predicted molar refractivity (Wildman–Crippen MR) is 127 cm³/mol. The zero-order chi connectivity index (χ0) is 22.4. The van der Waals surface area contributed by atoms with E-state index in [4.69, 9.17) is 4.74 Å². The molecular weight excluding hydrogens is 476 g/mol. The smallest absolute Gasteiger partial charge is 0.307 e. The largest absolute Gasteiger partial charge is 0.460 e. The number of rotatable bonds is 4. The zero-order valence-corrected chi connectivity index (χ0v) is 20.5. The van der Waals surface area contributed by atoms with Gasteiger partial charge in [-0.05, 0) is 62.9 Å². The second-order valence-corrected chi connectivity index (χ2v) is 11.1. The molecule has 0 aliphatic heterocycles. The van der Waals surface area contributed by atoms with Crippen LogP contribution < -0.4 is 4.90 Å². The quantitative estimate of drug-likeness (QED) is 0.441. The van der Waals surface area contributed by atoms with E-state index in [1.165, 1.54) is 11.3 Å². The van der Waals surface area contributed by atoms with Crippen molar-refractivity contribution in [1.29, 1.82) is 0 Å². The fourth-order valence-corrected chi connectivity index (χ4v) is 5.65. The van der Waals surface area contributed by atoms with E-state index in [-0.39, 0.29) is 18.3 Å². The summed E-state index contributed by atoms with van der Waals surface area (Å²) in [5.74, 6) is -0.456. The van der Waals surface area contributed by atoms with Crippen LogP contribution in [0.4, 0.5) is 5.13 Å². The molecule has 0 saturated heterocycles. The number of carbonyl (C=O) groups excluding carboxylic acids is 2. The highest BCUT2D eigenvalue weighted by atomic mass is 79.9. The van der Waals surface area contributed by atoms with Gasteiger partial charge in [-0.3, -0.25) is 14.5 Å². The maximum absolute atomic E-state index is 13.9. The molecule has 0 atom stereocenters. The number of hydrogen-bond donors (Lipinski definition) is 0. The van der Waals surface area contributed by atoms with Crippen molar-refractivity contribution in [3.05, 3.63) is 58.1 Å². The molecule has 7 heteroatoms. The summed E-state index contributed by atoms with van der Waals surface area (Å²) in [7, 11) is 1.74. The van der Waals surface area contributed by atoms with Gasteiger partial charge in [0.1, 0.15) is 5.60 Å². The van der Waals surface area contributed by atoms with E-state index in [0.717, 1.165) is 25.8 Å². The third-order valence-corrected chi connectivity index (χ3v) is 7.05. The minimum Gasteiger partial charge on any atom is -0.460 e. The first kappa shape index (κ1) is 22.0. The molecule has 0 radical (unpaired) electrons. The first-order chi connectivity index (χ1) is 14.6. The Bertz CT molecular complexity index is 1140. The molecule has 1 amide bonds. The van der Waals surface area contributed by atoms with Crippen molar-refractivity contribution in [2.24, 2.45) is 5.41 Å². The lowest BCUT2D eigenvalue weighted by atomic mass is 9.80. The van der Waals surface area contributed by atoms with Crippen molar-refractivity contribution >= 4 is 54.5 Å².